The minimum absolute atomic E-state index is 0.206. The molecule has 0 aliphatic carbocycles. The number of alkyl halides is 1. The Morgan fingerprint density at radius 1 is 1.12 bits per heavy atom. The first-order valence-electron chi connectivity index (χ1n) is 5.15. The number of ether oxygens (including phenoxy) is 2. The first-order valence-corrected chi connectivity index (χ1v) is 5.68. The smallest absolute Gasteiger partial charge is 0.247 e. The molecule has 1 aliphatic heterocycles. The fraction of sp³-hybridized carbons (Fsp3) is 0.273. The number of hydrogen-bond acceptors (Lipinski definition) is 5. The lowest BCUT2D eigenvalue weighted by molar-refractivity contribution is 0.171. The fourth-order valence-corrected chi connectivity index (χ4v) is 1.71. The number of nitrogens with zero attached hydrogens (tertiary/aromatic N) is 2. The van der Waals surface area contributed by atoms with Crippen LogP contribution in [0.25, 0.3) is 11.5 Å². The Labute approximate surface area is 102 Å². The molecule has 2 heterocycles. The largest absolute Gasteiger partial charge is 0.486 e. The lowest BCUT2D eigenvalue weighted by Gasteiger charge is -2.18. The third kappa shape index (κ3) is 1.93. The van der Waals surface area contributed by atoms with E-state index in [4.69, 9.17) is 25.5 Å². The highest BCUT2D eigenvalue weighted by molar-refractivity contribution is 6.16. The van der Waals surface area contributed by atoms with Crippen molar-refractivity contribution in [1.29, 1.82) is 0 Å². The second-order valence-electron chi connectivity index (χ2n) is 3.49. The summed E-state index contributed by atoms with van der Waals surface area (Å²) in [7, 11) is 0. The topological polar surface area (TPSA) is 57.4 Å². The van der Waals surface area contributed by atoms with Crippen LogP contribution in [0.2, 0.25) is 0 Å². The molecular weight excluding hydrogens is 244 g/mol. The van der Waals surface area contributed by atoms with E-state index in [1.165, 1.54) is 0 Å². The second kappa shape index (κ2) is 4.25. The van der Waals surface area contributed by atoms with E-state index in [1.54, 1.807) is 0 Å². The van der Waals surface area contributed by atoms with Crippen molar-refractivity contribution >= 4 is 11.6 Å². The van der Waals surface area contributed by atoms with Crippen LogP contribution in [0, 0.1) is 0 Å². The van der Waals surface area contributed by atoms with Gasteiger partial charge in [-0.2, -0.15) is 0 Å². The highest BCUT2D eigenvalue weighted by Gasteiger charge is 2.15. The number of fused-ring (bicyclic) bond motifs is 1. The molecule has 0 fully saturated rings. The fourth-order valence-electron chi connectivity index (χ4n) is 1.60. The summed E-state index contributed by atoms with van der Waals surface area (Å²) in [5.41, 5.74) is 0.790. The highest BCUT2D eigenvalue weighted by Crippen LogP contribution is 2.34. The minimum atomic E-state index is 0.206. The second-order valence-corrected chi connectivity index (χ2v) is 3.76. The highest BCUT2D eigenvalue weighted by atomic mass is 35.5. The molecular formula is C11H9ClN2O3. The predicted molar refractivity (Wildman–Crippen MR) is 60.3 cm³/mol. The Morgan fingerprint density at radius 2 is 1.94 bits per heavy atom. The van der Waals surface area contributed by atoms with Gasteiger partial charge in [0.25, 0.3) is 0 Å². The van der Waals surface area contributed by atoms with Crippen LogP contribution in [0.5, 0.6) is 11.5 Å². The summed E-state index contributed by atoms with van der Waals surface area (Å²) in [5, 5.41) is 7.71. The number of halogens is 1. The number of hydrogen-bond donors (Lipinski definition) is 0. The normalized spacial score (nSPS) is 13.7. The van der Waals surface area contributed by atoms with Crippen molar-refractivity contribution in [3.63, 3.8) is 0 Å². The van der Waals surface area contributed by atoms with Gasteiger partial charge in [-0.25, -0.2) is 0 Å². The molecule has 17 heavy (non-hydrogen) atoms. The Morgan fingerprint density at radius 3 is 2.71 bits per heavy atom. The third-order valence-electron chi connectivity index (χ3n) is 2.37. The third-order valence-corrected chi connectivity index (χ3v) is 2.60. The van der Waals surface area contributed by atoms with E-state index in [1.807, 2.05) is 18.2 Å². The average molecular weight is 253 g/mol. The summed E-state index contributed by atoms with van der Waals surface area (Å²) in [6.45, 7) is 1.12. The predicted octanol–water partition coefficient (Wildman–Crippen LogP) is 2.25. The first kappa shape index (κ1) is 10.4. The standard InChI is InChI=1S/C11H9ClN2O3/c12-6-10-13-14-11(17-10)7-1-2-8-9(5-7)16-4-3-15-8/h1-2,5H,3-4,6H2. The molecule has 2 aromatic rings. The van der Waals surface area contributed by atoms with Crippen LogP contribution in [0.3, 0.4) is 0 Å². The molecule has 88 valence electrons. The molecule has 0 saturated carbocycles. The molecule has 6 heteroatoms. The van der Waals surface area contributed by atoms with Gasteiger partial charge in [0, 0.05) is 5.56 Å². The SMILES string of the molecule is ClCc1nnc(-c2ccc3c(c2)OCCO3)o1. The summed E-state index contributed by atoms with van der Waals surface area (Å²) >= 11 is 5.60. The van der Waals surface area contributed by atoms with Gasteiger partial charge >= 0.3 is 0 Å². The molecule has 0 atom stereocenters. The van der Waals surface area contributed by atoms with Gasteiger partial charge in [0.2, 0.25) is 11.8 Å². The van der Waals surface area contributed by atoms with Crippen molar-refractivity contribution in [3.05, 3.63) is 24.1 Å². The van der Waals surface area contributed by atoms with E-state index in [2.05, 4.69) is 10.2 Å². The summed E-state index contributed by atoms with van der Waals surface area (Å²) in [6.07, 6.45) is 0. The minimum Gasteiger partial charge on any atom is -0.486 e. The summed E-state index contributed by atoms with van der Waals surface area (Å²) < 4.78 is 16.3. The summed E-state index contributed by atoms with van der Waals surface area (Å²) in [6, 6.07) is 5.49. The van der Waals surface area contributed by atoms with Crippen LogP contribution in [0.1, 0.15) is 5.89 Å². The van der Waals surface area contributed by atoms with Crippen LogP contribution in [0.4, 0.5) is 0 Å². The summed E-state index contributed by atoms with van der Waals surface area (Å²) in [5.74, 6) is 2.46. The van der Waals surface area contributed by atoms with E-state index in [0.717, 1.165) is 11.3 Å². The van der Waals surface area contributed by atoms with Crippen molar-refractivity contribution in [2.75, 3.05) is 13.2 Å². The molecule has 1 aromatic heterocycles. The van der Waals surface area contributed by atoms with Crippen molar-refractivity contribution in [3.8, 4) is 23.0 Å². The van der Waals surface area contributed by atoms with Gasteiger partial charge in [-0.15, -0.1) is 21.8 Å². The van der Waals surface area contributed by atoms with Gasteiger partial charge in [0.05, 0.1) is 0 Å². The van der Waals surface area contributed by atoms with Gasteiger partial charge in [0.1, 0.15) is 19.1 Å². The maximum absolute atomic E-state index is 5.60. The lowest BCUT2D eigenvalue weighted by Crippen LogP contribution is -2.15. The molecule has 0 bridgehead atoms. The van der Waals surface area contributed by atoms with Gasteiger partial charge in [-0.05, 0) is 18.2 Å². The first-order chi connectivity index (χ1) is 8.36. The maximum Gasteiger partial charge on any atom is 0.247 e. The Balaban J connectivity index is 1.97. The zero-order valence-corrected chi connectivity index (χ0v) is 9.61. The molecule has 0 amide bonds. The van der Waals surface area contributed by atoms with Crippen LogP contribution in [0.15, 0.2) is 22.6 Å². The Hall–Kier alpha value is -1.75. The summed E-state index contributed by atoms with van der Waals surface area (Å²) in [4.78, 5) is 0. The Kier molecular flexibility index (Phi) is 2.60. The zero-order chi connectivity index (χ0) is 11.7. The van der Waals surface area contributed by atoms with Crippen molar-refractivity contribution in [2.24, 2.45) is 0 Å². The molecule has 0 unspecified atom stereocenters. The van der Waals surface area contributed by atoms with Crippen LogP contribution < -0.4 is 9.47 Å². The molecule has 0 radical (unpaired) electrons. The molecule has 0 N–H and O–H groups in total. The average Bonchev–Trinajstić information content (AvgIpc) is 2.87. The quantitative estimate of drug-likeness (QED) is 0.768. The van der Waals surface area contributed by atoms with E-state index >= 15 is 0 Å². The van der Waals surface area contributed by atoms with E-state index in [-0.39, 0.29) is 5.88 Å². The maximum atomic E-state index is 5.60. The van der Waals surface area contributed by atoms with E-state index in [9.17, 15) is 0 Å². The number of benzene rings is 1. The molecule has 0 spiro atoms. The van der Waals surface area contributed by atoms with Gasteiger partial charge in [0.15, 0.2) is 11.5 Å². The number of rotatable bonds is 2. The number of aromatic nitrogens is 2. The van der Waals surface area contributed by atoms with Crippen molar-refractivity contribution in [2.45, 2.75) is 5.88 Å². The van der Waals surface area contributed by atoms with Crippen LogP contribution in [-0.2, 0) is 5.88 Å². The Bertz CT molecular complexity index is 541. The molecule has 0 saturated heterocycles. The van der Waals surface area contributed by atoms with Gasteiger partial charge in [-0.3, -0.25) is 0 Å². The monoisotopic (exact) mass is 252 g/mol. The molecule has 3 rings (SSSR count). The van der Waals surface area contributed by atoms with Crippen LogP contribution >= 0.6 is 11.6 Å². The van der Waals surface area contributed by atoms with Crippen LogP contribution in [-0.4, -0.2) is 23.4 Å². The molecule has 5 nitrogen and oxygen atoms in total. The van der Waals surface area contributed by atoms with Gasteiger partial charge in [-0.1, -0.05) is 0 Å². The molecule has 1 aromatic carbocycles. The van der Waals surface area contributed by atoms with E-state index < -0.39 is 0 Å². The molecule has 1 aliphatic rings. The van der Waals surface area contributed by atoms with Crippen molar-refractivity contribution in [1.82, 2.24) is 10.2 Å². The lowest BCUT2D eigenvalue weighted by atomic mass is 10.2. The van der Waals surface area contributed by atoms with E-state index in [0.29, 0.717) is 30.7 Å². The van der Waals surface area contributed by atoms with Gasteiger partial charge < -0.3 is 13.9 Å². The zero-order valence-electron chi connectivity index (χ0n) is 8.85. The van der Waals surface area contributed by atoms with Crippen molar-refractivity contribution < 1.29 is 13.9 Å².